The topological polar surface area (TPSA) is 116 Å². The van der Waals surface area contributed by atoms with Crippen molar-refractivity contribution in [3.05, 3.63) is 53.3 Å². The van der Waals surface area contributed by atoms with Gasteiger partial charge in [0.2, 0.25) is 11.9 Å². The number of piperazine rings is 1. The molecule has 9 heteroatoms. The van der Waals surface area contributed by atoms with Crippen LogP contribution >= 0.6 is 0 Å². The Kier molecular flexibility index (Phi) is 6.38. The zero-order chi connectivity index (χ0) is 20.8. The number of aromatic nitrogens is 2. The summed E-state index contributed by atoms with van der Waals surface area (Å²) >= 11 is 0. The third kappa shape index (κ3) is 5.28. The standard InChI is InChI=1S/C20H23N5O4/c1-14-11-15(13-16(12-14)19(28)29)18(27)21-6-3-17(26)24-7-9-25(10-8-24)20-22-4-2-5-23-20/h2,4-5,11-13H,3,6-10H2,1H3,(H,21,27)(H,28,29). The van der Waals surface area contributed by atoms with Gasteiger partial charge in [-0.2, -0.15) is 0 Å². The van der Waals surface area contributed by atoms with Gasteiger partial charge in [0, 0.05) is 57.1 Å². The van der Waals surface area contributed by atoms with Gasteiger partial charge >= 0.3 is 5.97 Å². The number of rotatable bonds is 6. The summed E-state index contributed by atoms with van der Waals surface area (Å²) in [6, 6.07) is 6.21. The Morgan fingerprint density at radius 3 is 2.34 bits per heavy atom. The number of nitrogens with one attached hydrogen (secondary N) is 1. The zero-order valence-electron chi connectivity index (χ0n) is 16.2. The Hall–Kier alpha value is -3.49. The number of hydrogen-bond acceptors (Lipinski definition) is 6. The fourth-order valence-electron chi connectivity index (χ4n) is 3.19. The van der Waals surface area contributed by atoms with Gasteiger partial charge in [-0.05, 0) is 36.8 Å². The van der Waals surface area contributed by atoms with Gasteiger partial charge in [0.15, 0.2) is 0 Å². The Bertz CT molecular complexity index is 895. The lowest BCUT2D eigenvalue weighted by atomic mass is 10.1. The van der Waals surface area contributed by atoms with Crippen molar-refractivity contribution in [2.45, 2.75) is 13.3 Å². The normalized spacial score (nSPS) is 13.8. The minimum Gasteiger partial charge on any atom is -0.478 e. The van der Waals surface area contributed by atoms with E-state index in [-0.39, 0.29) is 30.0 Å². The molecule has 1 fully saturated rings. The van der Waals surface area contributed by atoms with E-state index in [0.717, 1.165) is 0 Å². The largest absolute Gasteiger partial charge is 0.478 e. The van der Waals surface area contributed by atoms with Crippen LogP contribution in [0.3, 0.4) is 0 Å². The highest BCUT2D eigenvalue weighted by molar-refractivity contribution is 5.98. The summed E-state index contributed by atoms with van der Waals surface area (Å²) in [7, 11) is 0. The molecule has 0 saturated carbocycles. The number of amides is 2. The summed E-state index contributed by atoms with van der Waals surface area (Å²) in [5, 5.41) is 11.8. The maximum atomic E-state index is 12.4. The average Bonchev–Trinajstić information content (AvgIpc) is 2.73. The van der Waals surface area contributed by atoms with E-state index in [2.05, 4.69) is 15.3 Å². The van der Waals surface area contributed by atoms with E-state index in [4.69, 9.17) is 5.11 Å². The van der Waals surface area contributed by atoms with Crippen LogP contribution in [0.4, 0.5) is 5.95 Å². The van der Waals surface area contributed by atoms with Crippen LogP contribution in [0.15, 0.2) is 36.7 Å². The van der Waals surface area contributed by atoms with Crippen LogP contribution in [0.1, 0.15) is 32.7 Å². The predicted molar refractivity (Wildman–Crippen MR) is 106 cm³/mol. The molecule has 1 aromatic carbocycles. The molecule has 1 saturated heterocycles. The van der Waals surface area contributed by atoms with Crippen LogP contribution in [0.5, 0.6) is 0 Å². The molecule has 29 heavy (non-hydrogen) atoms. The number of carbonyl (C=O) groups excluding carboxylic acids is 2. The second-order valence-electron chi connectivity index (χ2n) is 6.82. The fourth-order valence-corrected chi connectivity index (χ4v) is 3.19. The molecule has 3 rings (SSSR count). The molecule has 0 spiro atoms. The Morgan fingerprint density at radius 2 is 1.69 bits per heavy atom. The average molecular weight is 397 g/mol. The highest BCUT2D eigenvalue weighted by Gasteiger charge is 2.22. The van der Waals surface area contributed by atoms with Crippen LogP contribution in [0.25, 0.3) is 0 Å². The summed E-state index contributed by atoms with van der Waals surface area (Å²) in [5.74, 6) is -0.854. The van der Waals surface area contributed by atoms with Gasteiger partial charge in [0.05, 0.1) is 5.56 Å². The molecule has 0 atom stereocenters. The zero-order valence-corrected chi connectivity index (χ0v) is 16.2. The molecule has 2 heterocycles. The van der Waals surface area contributed by atoms with Gasteiger partial charge in [0.25, 0.3) is 5.91 Å². The number of benzene rings is 1. The molecule has 9 nitrogen and oxygen atoms in total. The van der Waals surface area contributed by atoms with Gasteiger partial charge in [-0.1, -0.05) is 0 Å². The van der Waals surface area contributed by atoms with Crippen molar-refractivity contribution in [2.75, 3.05) is 37.6 Å². The first-order chi connectivity index (χ1) is 13.9. The van der Waals surface area contributed by atoms with E-state index >= 15 is 0 Å². The van der Waals surface area contributed by atoms with Gasteiger partial charge in [-0.15, -0.1) is 0 Å². The monoisotopic (exact) mass is 397 g/mol. The van der Waals surface area contributed by atoms with Crippen molar-refractivity contribution < 1.29 is 19.5 Å². The number of nitrogens with zero attached hydrogens (tertiary/aromatic N) is 4. The van der Waals surface area contributed by atoms with Gasteiger partial charge in [0.1, 0.15) is 0 Å². The summed E-state index contributed by atoms with van der Waals surface area (Å²) in [6.07, 6.45) is 3.57. The molecule has 1 aliphatic rings. The number of aryl methyl sites for hydroxylation is 1. The van der Waals surface area contributed by atoms with Gasteiger partial charge in [-0.25, -0.2) is 14.8 Å². The van der Waals surface area contributed by atoms with Crippen LogP contribution < -0.4 is 10.2 Å². The number of carboxylic acid groups (broad SMARTS) is 1. The molecule has 0 radical (unpaired) electrons. The first-order valence-corrected chi connectivity index (χ1v) is 9.37. The number of carboxylic acids is 1. The maximum Gasteiger partial charge on any atom is 0.335 e. The van der Waals surface area contributed by atoms with Crippen LogP contribution in [-0.2, 0) is 4.79 Å². The second-order valence-corrected chi connectivity index (χ2v) is 6.82. The molecular weight excluding hydrogens is 374 g/mol. The van der Waals surface area contributed by atoms with E-state index in [9.17, 15) is 14.4 Å². The third-order valence-corrected chi connectivity index (χ3v) is 4.68. The van der Waals surface area contributed by atoms with E-state index in [1.807, 2.05) is 4.90 Å². The van der Waals surface area contributed by atoms with Gasteiger partial charge in [-0.3, -0.25) is 9.59 Å². The predicted octanol–water partition coefficient (Wildman–Crippen LogP) is 0.952. The molecule has 152 valence electrons. The highest BCUT2D eigenvalue weighted by Crippen LogP contribution is 2.11. The molecule has 1 aliphatic heterocycles. The Balaban J connectivity index is 1.46. The lowest BCUT2D eigenvalue weighted by Gasteiger charge is -2.34. The first-order valence-electron chi connectivity index (χ1n) is 9.37. The lowest BCUT2D eigenvalue weighted by Crippen LogP contribution is -2.49. The van der Waals surface area contributed by atoms with E-state index in [1.54, 1.807) is 36.4 Å². The molecule has 2 amide bonds. The van der Waals surface area contributed by atoms with Crippen LogP contribution in [0.2, 0.25) is 0 Å². The smallest absolute Gasteiger partial charge is 0.335 e. The summed E-state index contributed by atoms with van der Waals surface area (Å²) in [6.45, 7) is 4.38. The molecule has 0 unspecified atom stereocenters. The second kappa shape index (κ2) is 9.13. The van der Waals surface area contributed by atoms with E-state index in [1.165, 1.54) is 12.1 Å². The minimum absolute atomic E-state index is 0.0330. The summed E-state index contributed by atoms with van der Waals surface area (Å²) in [4.78, 5) is 48.0. The quantitative estimate of drug-likeness (QED) is 0.746. The number of hydrogen-bond donors (Lipinski definition) is 2. The summed E-state index contributed by atoms with van der Waals surface area (Å²) in [5.41, 5.74) is 1.02. The van der Waals surface area contributed by atoms with Crippen LogP contribution in [0, 0.1) is 6.92 Å². The van der Waals surface area contributed by atoms with E-state index < -0.39 is 11.9 Å². The van der Waals surface area contributed by atoms with Crippen molar-refractivity contribution in [1.29, 1.82) is 0 Å². The fraction of sp³-hybridized carbons (Fsp3) is 0.350. The number of aromatic carboxylic acids is 1. The van der Waals surface area contributed by atoms with Gasteiger partial charge < -0.3 is 20.2 Å². The lowest BCUT2D eigenvalue weighted by molar-refractivity contribution is -0.131. The molecule has 2 aromatic rings. The Labute approximate surface area is 168 Å². The third-order valence-electron chi connectivity index (χ3n) is 4.68. The molecule has 2 N–H and O–H groups in total. The summed E-state index contributed by atoms with van der Waals surface area (Å²) < 4.78 is 0. The number of anilines is 1. The van der Waals surface area contributed by atoms with Crippen LogP contribution in [-0.4, -0.2) is 70.5 Å². The highest BCUT2D eigenvalue weighted by atomic mass is 16.4. The molecule has 0 aliphatic carbocycles. The van der Waals surface area contributed by atoms with Crippen molar-refractivity contribution in [1.82, 2.24) is 20.2 Å². The van der Waals surface area contributed by atoms with Crippen molar-refractivity contribution >= 4 is 23.7 Å². The SMILES string of the molecule is Cc1cc(C(=O)O)cc(C(=O)NCCC(=O)N2CCN(c3ncccn3)CC2)c1. The molecule has 0 bridgehead atoms. The minimum atomic E-state index is -1.09. The first kappa shape index (κ1) is 20.2. The van der Waals surface area contributed by atoms with E-state index in [0.29, 0.717) is 37.7 Å². The van der Waals surface area contributed by atoms with Crippen molar-refractivity contribution in [3.63, 3.8) is 0 Å². The maximum absolute atomic E-state index is 12.4. The van der Waals surface area contributed by atoms with Crippen molar-refractivity contribution in [2.24, 2.45) is 0 Å². The molecular formula is C20H23N5O4. The van der Waals surface area contributed by atoms with Crippen molar-refractivity contribution in [3.8, 4) is 0 Å². The number of carbonyl (C=O) groups is 3. The molecule has 1 aromatic heterocycles. The Morgan fingerprint density at radius 1 is 1.03 bits per heavy atom.